The molecular weight excluding hydrogens is 723 g/mol. The molecule has 0 aliphatic heterocycles. The summed E-state index contributed by atoms with van der Waals surface area (Å²) >= 11 is 11.7. The molecule has 2 aromatic heterocycles. The third-order valence-corrected chi connectivity index (χ3v) is 6.87. The fourth-order valence-electron chi connectivity index (χ4n) is 4.11. The van der Waals surface area contributed by atoms with Crippen molar-refractivity contribution in [1.29, 1.82) is 0 Å². The Morgan fingerprint density at radius 3 is 1.22 bits per heavy atom. The van der Waals surface area contributed by atoms with Gasteiger partial charge in [0.2, 0.25) is 11.8 Å². The molecule has 0 unspecified atom stereocenters. The zero-order valence-electron chi connectivity index (χ0n) is 26.7. The number of hydrogen-bond donors (Lipinski definition) is 4. The SMILES string of the molecule is C.Cc1nn(-c2ccccc2)c(O)c1N=Nc1cc(Cl)ccc1O.Cc1nn(-c2ccccc2)c(O)c1N=Nc1cc(Cl)ccc1O.[CH3+].[CH3+].[Fe]. The number of halogens is 2. The van der Waals surface area contributed by atoms with Gasteiger partial charge in [-0.05, 0) is 74.5 Å². The summed E-state index contributed by atoms with van der Waals surface area (Å²) < 4.78 is 2.75. The summed E-state index contributed by atoms with van der Waals surface area (Å²) in [6.07, 6.45) is 0. The van der Waals surface area contributed by atoms with E-state index in [-0.39, 0.29) is 85.4 Å². The Hall–Kier alpha value is -5.46. The van der Waals surface area contributed by atoms with Crippen molar-refractivity contribution in [2.24, 2.45) is 20.5 Å². The zero-order chi connectivity index (χ0) is 32.8. The van der Waals surface area contributed by atoms with Crippen LogP contribution >= 0.6 is 23.2 Å². The van der Waals surface area contributed by atoms with E-state index in [9.17, 15) is 20.4 Å². The van der Waals surface area contributed by atoms with E-state index in [2.05, 4.69) is 30.7 Å². The molecule has 0 spiro atoms. The summed E-state index contributed by atoms with van der Waals surface area (Å²) in [4.78, 5) is 0. The quantitative estimate of drug-likeness (QED) is 0.0749. The van der Waals surface area contributed by atoms with Gasteiger partial charge in [0.05, 0.1) is 22.8 Å². The molecule has 50 heavy (non-hydrogen) atoms. The Bertz CT molecular complexity index is 1910. The van der Waals surface area contributed by atoms with Gasteiger partial charge in [0.15, 0.2) is 11.4 Å². The smallest absolute Gasteiger partial charge is 0.243 e. The molecule has 0 aliphatic rings. The minimum atomic E-state index is -0.126. The number of para-hydroxylation sites is 2. The van der Waals surface area contributed by atoms with E-state index in [1.807, 2.05) is 60.7 Å². The molecule has 15 heteroatoms. The monoisotopic (exact) mass is 758 g/mol. The van der Waals surface area contributed by atoms with E-state index in [1.165, 1.54) is 33.6 Å². The molecule has 260 valence electrons. The van der Waals surface area contributed by atoms with Gasteiger partial charge in [-0.25, -0.2) is 0 Å². The van der Waals surface area contributed by atoms with Crippen LogP contribution < -0.4 is 0 Å². The van der Waals surface area contributed by atoms with Crippen LogP contribution in [0.5, 0.6) is 23.3 Å². The van der Waals surface area contributed by atoms with Gasteiger partial charge >= 0.3 is 0 Å². The van der Waals surface area contributed by atoms with Crippen LogP contribution in [0.15, 0.2) is 118 Å². The molecule has 4 aromatic carbocycles. The number of phenols is 2. The van der Waals surface area contributed by atoms with Gasteiger partial charge in [-0.1, -0.05) is 67.0 Å². The van der Waals surface area contributed by atoms with Gasteiger partial charge in [-0.3, -0.25) is 0 Å². The number of hydrogen-bond acceptors (Lipinski definition) is 10. The van der Waals surface area contributed by atoms with E-state index < -0.39 is 0 Å². The Morgan fingerprint density at radius 1 is 0.540 bits per heavy atom. The largest absolute Gasteiger partial charge is 0.506 e. The summed E-state index contributed by atoms with van der Waals surface area (Å²) in [6.45, 7) is 3.43. The van der Waals surface area contributed by atoms with Crippen LogP contribution in [0.1, 0.15) is 18.8 Å². The second-order valence-corrected chi connectivity index (χ2v) is 10.5. The minimum absolute atomic E-state index is 0. The number of azo groups is 2. The predicted molar refractivity (Wildman–Crippen MR) is 194 cm³/mol. The maximum Gasteiger partial charge on any atom is 0.243 e. The number of nitrogens with zero attached hydrogens (tertiary/aromatic N) is 8. The fourth-order valence-corrected chi connectivity index (χ4v) is 4.44. The summed E-state index contributed by atoms with van der Waals surface area (Å²) in [7, 11) is 0. The van der Waals surface area contributed by atoms with Gasteiger partial charge in [0, 0.05) is 42.0 Å². The molecule has 0 atom stereocenters. The third-order valence-electron chi connectivity index (χ3n) is 6.40. The molecule has 6 aromatic rings. The molecule has 0 amide bonds. The van der Waals surface area contributed by atoms with E-state index in [4.69, 9.17) is 23.2 Å². The van der Waals surface area contributed by atoms with Gasteiger partial charge in [-0.2, -0.15) is 19.6 Å². The van der Waals surface area contributed by atoms with Crippen LogP contribution in [0.25, 0.3) is 11.4 Å². The van der Waals surface area contributed by atoms with Crippen LogP contribution in [0.3, 0.4) is 0 Å². The van der Waals surface area contributed by atoms with E-state index in [0.717, 1.165) is 0 Å². The number of benzene rings is 4. The van der Waals surface area contributed by atoms with E-state index in [1.54, 1.807) is 26.0 Å². The van der Waals surface area contributed by atoms with Crippen molar-refractivity contribution in [3.63, 3.8) is 0 Å². The first-order valence-corrected chi connectivity index (χ1v) is 14.4. The van der Waals surface area contributed by atoms with Gasteiger partial charge in [0.25, 0.3) is 0 Å². The van der Waals surface area contributed by atoms with E-state index in [0.29, 0.717) is 32.8 Å². The number of phenolic OH excluding ortho intramolecular Hbond substituents is 2. The van der Waals surface area contributed by atoms with Crippen LogP contribution in [-0.4, -0.2) is 40.0 Å². The maximum absolute atomic E-state index is 10.3. The molecule has 0 saturated carbocycles. The van der Waals surface area contributed by atoms with Crippen molar-refractivity contribution in [2.45, 2.75) is 21.3 Å². The Morgan fingerprint density at radius 2 is 0.880 bits per heavy atom. The number of rotatable bonds is 6. The first kappa shape index (κ1) is 42.6. The molecule has 0 fully saturated rings. The second kappa shape index (κ2) is 18.9. The zero-order valence-corrected chi connectivity index (χ0v) is 29.3. The molecule has 0 bridgehead atoms. The van der Waals surface area contributed by atoms with Gasteiger partial charge in [0.1, 0.15) is 22.9 Å². The third kappa shape index (κ3) is 9.80. The minimum Gasteiger partial charge on any atom is -0.506 e. The van der Waals surface area contributed by atoms with Crippen molar-refractivity contribution in [3.05, 3.63) is 133 Å². The molecule has 0 radical (unpaired) electrons. The number of aryl methyl sites for hydroxylation is 2. The summed E-state index contributed by atoms with van der Waals surface area (Å²) in [5.41, 5.74) is 3.32. The predicted octanol–water partition coefficient (Wildman–Crippen LogP) is 10.9. The summed E-state index contributed by atoms with van der Waals surface area (Å²) in [6, 6.07) is 27.3. The average Bonchev–Trinajstić information content (AvgIpc) is 3.51. The van der Waals surface area contributed by atoms with E-state index >= 15 is 0 Å². The van der Waals surface area contributed by atoms with Crippen molar-refractivity contribution in [3.8, 4) is 34.6 Å². The molecule has 4 N–H and O–H groups in total. The van der Waals surface area contributed by atoms with Crippen LogP contribution in [0.2, 0.25) is 10.0 Å². The van der Waals surface area contributed by atoms with Crippen LogP contribution in [-0.2, 0) is 17.1 Å². The molecule has 2 heterocycles. The molecule has 6 rings (SSSR count). The number of aromatic nitrogens is 4. The first-order valence-electron chi connectivity index (χ1n) is 13.6. The second-order valence-electron chi connectivity index (χ2n) is 9.68. The Kier molecular flexibility index (Phi) is 16.1. The molecular formula is C35H36Cl2FeN8O4+2. The standard InChI is InChI=1S/2C16H13ClN4O2.CH4.2CH3.Fe/c2*1-10-15(19-18-13-9-11(17)7-8-14(13)22)16(23)21(20-10)12-5-3-2-4-6-12;;;;/h2*2-9,22-23H,1H3;1H4;2*1H3;/q;;;2*+1;. The topological polar surface area (TPSA) is 166 Å². The summed E-state index contributed by atoms with van der Waals surface area (Å²) in [5.74, 6) is -0.352. The first-order chi connectivity index (χ1) is 22.1. The van der Waals surface area contributed by atoms with Crippen molar-refractivity contribution >= 4 is 46.0 Å². The van der Waals surface area contributed by atoms with Crippen LogP contribution in [0, 0.1) is 28.7 Å². The Balaban J connectivity index is 0.000000463. The van der Waals surface area contributed by atoms with Crippen molar-refractivity contribution < 1.29 is 37.5 Å². The normalized spacial score (nSPS) is 10.3. The molecule has 0 saturated heterocycles. The summed E-state index contributed by atoms with van der Waals surface area (Å²) in [5, 5.41) is 65.4. The van der Waals surface area contributed by atoms with Gasteiger partial charge in [-0.15, -0.1) is 20.5 Å². The average molecular weight is 759 g/mol. The van der Waals surface area contributed by atoms with Crippen molar-refractivity contribution in [1.82, 2.24) is 19.6 Å². The fraction of sp³-hybridized carbons (Fsp3) is 0.0857. The van der Waals surface area contributed by atoms with Crippen LogP contribution in [0.4, 0.5) is 22.7 Å². The van der Waals surface area contributed by atoms with Gasteiger partial charge < -0.3 is 20.4 Å². The number of aromatic hydroxyl groups is 4. The molecule has 0 aliphatic carbocycles. The van der Waals surface area contributed by atoms with Crippen molar-refractivity contribution in [2.75, 3.05) is 0 Å². The Labute approximate surface area is 311 Å². The molecule has 12 nitrogen and oxygen atoms in total. The maximum atomic E-state index is 10.3.